The third kappa shape index (κ3) is 2.29. The number of imide groups is 1. The van der Waals surface area contributed by atoms with Gasteiger partial charge in [-0.15, -0.1) is 0 Å². The Morgan fingerprint density at radius 3 is 2.22 bits per heavy atom. The van der Waals surface area contributed by atoms with Gasteiger partial charge in [-0.1, -0.05) is 0 Å². The van der Waals surface area contributed by atoms with E-state index in [1.807, 2.05) is 0 Å². The molecule has 2 amide bonds. The maximum atomic E-state index is 10.4. The Kier molecular flexibility index (Phi) is 3.80. The summed E-state index contributed by atoms with van der Waals surface area (Å²) in [6, 6.07) is 0. The van der Waals surface area contributed by atoms with Gasteiger partial charge in [0.05, 0.1) is 5.25 Å². The van der Waals surface area contributed by atoms with E-state index in [-0.39, 0.29) is 47.8 Å². The molecule has 0 saturated carbocycles. The molecular formula is C4H6NNaO2S. The molecule has 1 N–H and O–H groups in total. The molecule has 1 fully saturated rings. The van der Waals surface area contributed by atoms with Crippen molar-refractivity contribution in [2.24, 2.45) is 0 Å². The summed E-state index contributed by atoms with van der Waals surface area (Å²) < 4.78 is 0. The van der Waals surface area contributed by atoms with Gasteiger partial charge in [-0.25, -0.2) is 0 Å². The molecule has 5 heteroatoms. The van der Waals surface area contributed by atoms with Gasteiger partial charge in [-0.3, -0.25) is 14.9 Å². The summed E-state index contributed by atoms with van der Waals surface area (Å²) in [5, 5.41) is 1.70. The second-order valence-corrected chi connectivity index (χ2v) is 2.26. The molecule has 1 saturated heterocycles. The van der Waals surface area contributed by atoms with Crippen molar-refractivity contribution in [3.63, 3.8) is 0 Å². The van der Waals surface area contributed by atoms with Crippen LogP contribution in [-0.4, -0.2) is 46.6 Å². The average molecular weight is 155 g/mol. The third-order valence-corrected chi connectivity index (χ3v) is 1.36. The first-order chi connectivity index (χ1) is 3.70. The van der Waals surface area contributed by atoms with E-state index in [1.54, 1.807) is 0 Å². The molecule has 0 aliphatic carbocycles. The van der Waals surface area contributed by atoms with Crippen molar-refractivity contribution in [3.8, 4) is 0 Å². The number of amides is 2. The van der Waals surface area contributed by atoms with E-state index >= 15 is 0 Å². The first-order valence-electron chi connectivity index (χ1n) is 2.22. The molecule has 1 heterocycles. The molecular weight excluding hydrogens is 149 g/mol. The Bertz CT molecular complexity index is 150. The average Bonchev–Trinajstić information content (AvgIpc) is 1.85. The van der Waals surface area contributed by atoms with Crippen molar-refractivity contribution in [2.45, 2.75) is 11.7 Å². The first-order valence-corrected chi connectivity index (χ1v) is 2.73. The summed E-state index contributed by atoms with van der Waals surface area (Å²) in [5.41, 5.74) is 0. The van der Waals surface area contributed by atoms with E-state index in [0.29, 0.717) is 0 Å². The summed E-state index contributed by atoms with van der Waals surface area (Å²) in [6.45, 7) is 0. The number of hydrogen-bond donors (Lipinski definition) is 2. The Morgan fingerprint density at radius 1 is 1.56 bits per heavy atom. The van der Waals surface area contributed by atoms with Crippen LogP contribution in [0.3, 0.4) is 0 Å². The second kappa shape index (κ2) is 3.61. The van der Waals surface area contributed by atoms with Gasteiger partial charge in [0.1, 0.15) is 0 Å². The van der Waals surface area contributed by atoms with Gasteiger partial charge in [-0.2, -0.15) is 12.6 Å². The second-order valence-electron chi connectivity index (χ2n) is 1.63. The van der Waals surface area contributed by atoms with Crippen molar-refractivity contribution < 1.29 is 9.59 Å². The van der Waals surface area contributed by atoms with Crippen molar-refractivity contribution in [3.05, 3.63) is 0 Å². The van der Waals surface area contributed by atoms with Crippen LogP contribution >= 0.6 is 12.6 Å². The van der Waals surface area contributed by atoms with Crippen molar-refractivity contribution in [1.82, 2.24) is 5.32 Å². The van der Waals surface area contributed by atoms with E-state index in [2.05, 4.69) is 17.9 Å². The molecule has 9 heavy (non-hydrogen) atoms. The van der Waals surface area contributed by atoms with E-state index in [1.165, 1.54) is 0 Å². The Labute approximate surface area is 80.3 Å². The van der Waals surface area contributed by atoms with Crippen LogP contribution in [0.5, 0.6) is 0 Å². The zero-order chi connectivity index (χ0) is 6.15. The molecule has 0 radical (unpaired) electrons. The van der Waals surface area contributed by atoms with Gasteiger partial charge in [0.25, 0.3) is 0 Å². The predicted molar refractivity (Wildman–Crippen MR) is 37.7 cm³/mol. The van der Waals surface area contributed by atoms with Gasteiger partial charge >= 0.3 is 29.6 Å². The van der Waals surface area contributed by atoms with Crippen LogP contribution in [-0.2, 0) is 9.59 Å². The molecule has 3 nitrogen and oxygen atoms in total. The van der Waals surface area contributed by atoms with Crippen molar-refractivity contribution >= 4 is 54.0 Å². The molecule has 0 bridgehead atoms. The normalized spacial score (nSPS) is 25.2. The van der Waals surface area contributed by atoms with Crippen LogP contribution in [0.25, 0.3) is 0 Å². The zero-order valence-electron chi connectivity index (χ0n) is 4.05. The number of carbonyl (C=O) groups is 2. The molecule has 0 aromatic carbocycles. The molecule has 1 aliphatic rings. The van der Waals surface area contributed by atoms with Gasteiger partial charge < -0.3 is 0 Å². The molecule has 1 aliphatic heterocycles. The summed E-state index contributed by atoms with van der Waals surface area (Å²) in [5.74, 6) is -0.506. The van der Waals surface area contributed by atoms with Crippen LogP contribution in [0, 0.1) is 0 Å². The SMILES string of the molecule is O=C1CC(S)C(=O)N1.[NaH]. The quantitative estimate of drug-likeness (QED) is 0.259. The first kappa shape index (κ1) is 9.49. The fourth-order valence-electron chi connectivity index (χ4n) is 0.540. The summed E-state index contributed by atoms with van der Waals surface area (Å²) in [4.78, 5) is 20.7. The molecule has 0 aromatic rings. The fourth-order valence-corrected chi connectivity index (χ4v) is 0.770. The van der Waals surface area contributed by atoms with Gasteiger partial charge in [0.2, 0.25) is 11.8 Å². The van der Waals surface area contributed by atoms with Crippen molar-refractivity contribution in [1.29, 1.82) is 0 Å². The van der Waals surface area contributed by atoms with Crippen LogP contribution < -0.4 is 5.32 Å². The Balaban J connectivity index is 0.000000640. The summed E-state index contributed by atoms with van der Waals surface area (Å²) in [7, 11) is 0. The molecule has 1 rings (SSSR count). The van der Waals surface area contributed by atoms with E-state index in [0.717, 1.165) is 0 Å². The Morgan fingerprint density at radius 2 is 2.11 bits per heavy atom. The molecule has 1 atom stereocenters. The van der Waals surface area contributed by atoms with Crippen molar-refractivity contribution in [2.75, 3.05) is 0 Å². The fraction of sp³-hybridized carbons (Fsp3) is 0.500. The third-order valence-electron chi connectivity index (χ3n) is 0.944. The topological polar surface area (TPSA) is 46.2 Å². The minimum atomic E-state index is -0.414. The molecule has 0 aromatic heterocycles. The summed E-state index contributed by atoms with van der Waals surface area (Å²) >= 11 is 3.81. The Hall–Kier alpha value is 0.490. The summed E-state index contributed by atoms with van der Waals surface area (Å²) in [6.07, 6.45) is 0.224. The molecule has 0 spiro atoms. The standard InChI is InChI=1S/C4H5NO2S.Na.H/c6-3-1-2(8)4(7)5-3;;/h2,8H,1H2,(H,5,6,7);;. The van der Waals surface area contributed by atoms with Gasteiger partial charge in [0, 0.05) is 6.42 Å². The maximum absolute atomic E-state index is 10.4. The van der Waals surface area contributed by atoms with Gasteiger partial charge in [-0.05, 0) is 0 Å². The number of nitrogens with one attached hydrogen (secondary N) is 1. The number of hydrogen-bond acceptors (Lipinski definition) is 3. The van der Waals surface area contributed by atoms with Crippen LogP contribution in [0.15, 0.2) is 0 Å². The molecule has 1 unspecified atom stereocenters. The van der Waals surface area contributed by atoms with E-state index in [9.17, 15) is 9.59 Å². The van der Waals surface area contributed by atoms with E-state index < -0.39 is 5.25 Å². The van der Waals surface area contributed by atoms with Gasteiger partial charge in [0.15, 0.2) is 0 Å². The van der Waals surface area contributed by atoms with E-state index in [4.69, 9.17) is 0 Å². The molecule has 46 valence electrons. The monoisotopic (exact) mass is 155 g/mol. The van der Waals surface area contributed by atoms with Crippen LogP contribution in [0.4, 0.5) is 0 Å². The number of rotatable bonds is 0. The zero-order valence-corrected chi connectivity index (χ0v) is 4.94. The van der Waals surface area contributed by atoms with Crippen LogP contribution in [0.2, 0.25) is 0 Å². The number of thiol groups is 1. The number of carbonyl (C=O) groups excluding carboxylic acids is 2. The van der Waals surface area contributed by atoms with Crippen LogP contribution in [0.1, 0.15) is 6.42 Å². The predicted octanol–water partition coefficient (Wildman–Crippen LogP) is -1.32. The minimum absolute atomic E-state index is 0.